The first-order valence-electron chi connectivity index (χ1n) is 9.48. The maximum absolute atomic E-state index is 13.8. The smallest absolute Gasteiger partial charge is 0.272 e. The van der Waals surface area contributed by atoms with Crippen LogP contribution in [0.15, 0.2) is 66.9 Å². The van der Waals surface area contributed by atoms with Gasteiger partial charge in [0.15, 0.2) is 0 Å². The van der Waals surface area contributed by atoms with Crippen molar-refractivity contribution >= 4 is 33.5 Å². The van der Waals surface area contributed by atoms with Crippen LogP contribution in [0.5, 0.6) is 0 Å². The van der Waals surface area contributed by atoms with E-state index in [1.165, 1.54) is 12.1 Å². The first kappa shape index (κ1) is 18.1. The van der Waals surface area contributed by atoms with E-state index in [9.17, 15) is 9.18 Å². The van der Waals surface area contributed by atoms with E-state index in [0.29, 0.717) is 28.1 Å². The zero-order valence-corrected chi connectivity index (χ0v) is 16.4. The second-order valence-corrected chi connectivity index (χ2v) is 7.13. The summed E-state index contributed by atoms with van der Waals surface area (Å²) in [5.41, 5.74) is 3.50. The predicted octanol–water partition coefficient (Wildman–Crippen LogP) is 4.61. The summed E-state index contributed by atoms with van der Waals surface area (Å²) < 4.78 is 17.5. The molecule has 0 aliphatic rings. The fourth-order valence-electron chi connectivity index (χ4n) is 3.68. The summed E-state index contributed by atoms with van der Waals surface area (Å²) in [5.74, 6) is 0.804. The zero-order chi connectivity index (χ0) is 20.8. The summed E-state index contributed by atoms with van der Waals surface area (Å²) in [6, 6.07) is 17.2. The van der Waals surface area contributed by atoms with Crippen LogP contribution in [0.3, 0.4) is 0 Å². The Balaban J connectivity index is 1.59. The van der Waals surface area contributed by atoms with Gasteiger partial charge >= 0.3 is 0 Å². The Morgan fingerprint density at radius 2 is 1.87 bits per heavy atom. The number of amides is 1. The molecule has 3 aromatic heterocycles. The van der Waals surface area contributed by atoms with E-state index in [0.717, 1.165) is 16.9 Å². The Morgan fingerprint density at radius 1 is 1.03 bits per heavy atom. The molecule has 0 atom stereocenters. The topological polar surface area (TPSA) is 64.7 Å². The fraction of sp³-hybridized carbons (Fsp3) is 0.0870. The lowest BCUT2D eigenvalue weighted by molar-refractivity contribution is 0.102. The molecule has 6 nitrogen and oxygen atoms in total. The van der Waals surface area contributed by atoms with Crippen LogP contribution in [0.1, 0.15) is 16.3 Å². The van der Waals surface area contributed by atoms with Gasteiger partial charge in [-0.3, -0.25) is 9.36 Å². The molecule has 3 heterocycles. The van der Waals surface area contributed by atoms with E-state index in [-0.39, 0.29) is 11.7 Å². The second-order valence-electron chi connectivity index (χ2n) is 7.13. The molecule has 30 heavy (non-hydrogen) atoms. The molecular weight excluding hydrogens is 381 g/mol. The lowest BCUT2D eigenvalue weighted by Crippen LogP contribution is -2.16. The van der Waals surface area contributed by atoms with Gasteiger partial charge in [-0.1, -0.05) is 6.07 Å². The van der Waals surface area contributed by atoms with E-state index in [1.54, 1.807) is 29.0 Å². The molecular formula is C23H18FN5O. The molecule has 0 aliphatic carbocycles. The third kappa shape index (κ3) is 2.91. The quantitative estimate of drug-likeness (QED) is 0.482. The molecule has 0 fully saturated rings. The molecule has 0 aliphatic heterocycles. The maximum Gasteiger partial charge on any atom is 0.272 e. The van der Waals surface area contributed by atoms with Crippen LogP contribution in [0.2, 0.25) is 0 Å². The Morgan fingerprint density at radius 3 is 2.67 bits per heavy atom. The number of carbonyl (C=O) groups excluding carboxylic acids is 1. The standard InChI is InChI=1S/C23H18FN5O/c1-14-26-18-13-17(7-9-20(18)28(14)2)27-23(30)21-12-15-11-16(24)6-8-19(15)29(21)22-5-3-4-10-25-22/h3-13H,1-2H3,(H,27,30). The van der Waals surface area contributed by atoms with E-state index >= 15 is 0 Å². The summed E-state index contributed by atoms with van der Waals surface area (Å²) in [4.78, 5) is 22.1. The zero-order valence-electron chi connectivity index (χ0n) is 16.4. The SMILES string of the molecule is Cc1nc2cc(NC(=O)c3cc4cc(F)ccc4n3-c3ccccn3)ccc2n1C. The van der Waals surface area contributed by atoms with Gasteiger partial charge in [0.25, 0.3) is 5.91 Å². The van der Waals surface area contributed by atoms with Crippen LogP contribution in [0, 0.1) is 12.7 Å². The van der Waals surface area contributed by atoms with Gasteiger partial charge in [-0.15, -0.1) is 0 Å². The molecule has 7 heteroatoms. The Bertz CT molecular complexity index is 1420. The number of halogens is 1. The molecule has 0 spiro atoms. The van der Waals surface area contributed by atoms with Crippen molar-refractivity contribution < 1.29 is 9.18 Å². The third-order valence-electron chi connectivity index (χ3n) is 5.24. The summed E-state index contributed by atoms with van der Waals surface area (Å²) >= 11 is 0. The molecule has 0 saturated carbocycles. The number of aromatic nitrogens is 4. The maximum atomic E-state index is 13.8. The van der Waals surface area contributed by atoms with Gasteiger partial charge in [-0.2, -0.15) is 0 Å². The molecule has 1 N–H and O–H groups in total. The van der Waals surface area contributed by atoms with Gasteiger partial charge < -0.3 is 9.88 Å². The lowest BCUT2D eigenvalue weighted by Gasteiger charge is -2.10. The number of rotatable bonds is 3. The average molecular weight is 399 g/mol. The van der Waals surface area contributed by atoms with Gasteiger partial charge in [-0.05, 0) is 61.5 Å². The largest absolute Gasteiger partial charge is 0.331 e. The summed E-state index contributed by atoms with van der Waals surface area (Å²) in [7, 11) is 1.95. The van der Waals surface area contributed by atoms with Gasteiger partial charge in [0.1, 0.15) is 23.2 Å². The van der Waals surface area contributed by atoms with Crippen molar-refractivity contribution in [1.82, 2.24) is 19.1 Å². The minimum absolute atomic E-state index is 0.315. The van der Waals surface area contributed by atoms with E-state index < -0.39 is 0 Å². The van der Waals surface area contributed by atoms with Gasteiger partial charge in [-0.25, -0.2) is 14.4 Å². The highest BCUT2D eigenvalue weighted by molar-refractivity contribution is 6.07. The number of aryl methyl sites for hydroxylation is 2. The first-order chi connectivity index (χ1) is 14.5. The summed E-state index contributed by atoms with van der Waals surface area (Å²) in [6.07, 6.45) is 1.66. The molecule has 1 amide bonds. The van der Waals surface area contributed by atoms with Crippen molar-refractivity contribution in [3.8, 4) is 5.82 Å². The van der Waals surface area contributed by atoms with Crippen LogP contribution in [0.25, 0.3) is 27.8 Å². The number of fused-ring (bicyclic) bond motifs is 2. The van der Waals surface area contributed by atoms with E-state index in [2.05, 4.69) is 15.3 Å². The minimum Gasteiger partial charge on any atom is -0.331 e. The fourth-order valence-corrected chi connectivity index (χ4v) is 3.68. The third-order valence-corrected chi connectivity index (χ3v) is 5.24. The Labute approximate surface area is 171 Å². The molecule has 0 saturated heterocycles. The van der Waals surface area contributed by atoms with E-state index in [1.807, 2.05) is 48.9 Å². The molecule has 0 unspecified atom stereocenters. The summed E-state index contributed by atoms with van der Waals surface area (Å²) in [5, 5.41) is 3.56. The number of benzene rings is 2. The number of imidazole rings is 1. The lowest BCUT2D eigenvalue weighted by atomic mass is 10.2. The molecule has 0 bridgehead atoms. The highest BCUT2D eigenvalue weighted by atomic mass is 19.1. The van der Waals surface area contributed by atoms with Crippen LogP contribution in [0.4, 0.5) is 10.1 Å². The van der Waals surface area contributed by atoms with Crippen LogP contribution in [-0.4, -0.2) is 25.0 Å². The van der Waals surface area contributed by atoms with Crippen LogP contribution in [-0.2, 0) is 7.05 Å². The predicted molar refractivity (Wildman–Crippen MR) is 114 cm³/mol. The normalized spacial score (nSPS) is 11.3. The molecule has 2 aromatic carbocycles. The number of hydrogen-bond donors (Lipinski definition) is 1. The molecule has 148 valence electrons. The summed E-state index contributed by atoms with van der Waals surface area (Å²) in [6.45, 7) is 1.93. The van der Waals surface area contributed by atoms with Crippen molar-refractivity contribution in [2.45, 2.75) is 6.92 Å². The Hall–Kier alpha value is -4.00. The van der Waals surface area contributed by atoms with Gasteiger partial charge in [0.2, 0.25) is 0 Å². The average Bonchev–Trinajstić information content (AvgIpc) is 3.25. The number of nitrogens with zero attached hydrogens (tertiary/aromatic N) is 4. The molecule has 5 aromatic rings. The molecule has 5 rings (SSSR count). The van der Waals surface area contributed by atoms with Crippen molar-refractivity contribution in [3.63, 3.8) is 0 Å². The van der Waals surface area contributed by atoms with Crippen LogP contribution < -0.4 is 5.32 Å². The Kier molecular flexibility index (Phi) is 4.10. The van der Waals surface area contributed by atoms with Crippen molar-refractivity contribution in [2.24, 2.45) is 7.05 Å². The highest BCUT2D eigenvalue weighted by Crippen LogP contribution is 2.26. The molecule has 0 radical (unpaired) electrons. The second kappa shape index (κ2) is 6.81. The minimum atomic E-state index is -0.358. The number of carbonyl (C=O) groups is 1. The van der Waals surface area contributed by atoms with Crippen molar-refractivity contribution in [3.05, 3.63) is 84.2 Å². The number of hydrogen-bond acceptors (Lipinski definition) is 3. The van der Waals surface area contributed by atoms with Crippen molar-refractivity contribution in [2.75, 3.05) is 5.32 Å². The first-order valence-corrected chi connectivity index (χ1v) is 9.48. The number of anilines is 1. The van der Waals surface area contributed by atoms with Crippen LogP contribution >= 0.6 is 0 Å². The van der Waals surface area contributed by atoms with Crippen molar-refractivity contribution in [1.29, 1.82) is 0 Å². The van der Waals surface area contributed by atoms with Gasteiger partial charge in [0, 0.05) is 24.3 Å². The van der Waals surface area contributed by atoms with Gasteiger partial charge in [0.05, 0.1) is 16.6 Å². The highest BCUT2D eigenvalue weighted by Gasteiger charge is 2.18. The number of pyridine rings is 1. The monoisotopic (exact) mass is 399 g/mol. The number of nitrogens with one attached hydrogen (secondary N) is 1. The van der Waals surface area contributed by atoms with E-state index in [4.69, 9.17) is 0 Å².